The number of anilines is 1. The van der Waals surface area contributed by atoms with Crippen LogP contribution in [-0.2, 0) is 9.59 Å². The summed E-state index contributed by atoms with van der Waals surface area (Å²) in [6.07, 6.45) is 3.63. The molecule has 5 nitrogen and oxygen atoms in total. The average molecular weight is 389 g/mol. The van der Waals surface area contributed by atoms with Gasteiger partial charge in [-0.3, -0.25) is 14.6 Å². The van der Waals surface area contributed by atoms with Crippen molar-refractivity contribution >= 4 is 23.2 Å². The van der Waals surface area contributed by atoms with Crippen molar-refractivity contribution in [2.24, 2.45) is 10.9 Å². The van der Waals surface area contributed by atoms with Gasteiger partial charge in [0.15, 0.2) is 0 Å². The van der Waals surface area contributed by atoms with Gasteiger partial charge in [0.05, 0.1) is 0 Å². The fourth-order valence-electron chi connectivity index (χ4n) is 4.28. The molecule has 1 saturated carbocycles. The third-order valence-electron chi connectivity index (χ3n) is 6.20. The van der Waals surface area contributed by atoms with Crippen molar-refractivity contribution in [2.75, 3.05) is 18.5 Å². The number of rotatable bonds is 4. The molecule has 5 heteroatoms. The molecule has 1 fully saturated rings. The van der Waals surface area contributed by atoms with Gasteiger partial charge in [0.1, 0.15) is 17.9 Å². The van der Waals surface area contributed by atoms with Crippen LogP contribution in [0, 0.1) is 5.92 Å². The number of hydrogen-bond acceptors (Lipinski definition) is 3. The molecule has 0 aromatic heterocycles. The van der Waals surface area contributed by atoms with Crippen LogP contribution in [0.3, 0.4) is 0 Å². The molecule has 0 atom stereocenters. The highest BCUT2D eigenvalue weighted by atomic mass is 16.2. The summed E-state index contributed by atoms with van der Waals surface area (Å²) in [5, 5.41) is 0. The molecular formula is C24H27N3O2. The monoisotopic (exact) mass is 389 g/mol. The Morgan fingerprint density at radius 1 is 1.07 bits per heavy atom. The summed E-state index contributed by atoms with van der Waals surface area (Å²) in [5.74, 6) is 0.379. The van der Waals surface area contributed by atoms with E-state index in [1.165, 1.54) is 0 Å². The molecule has 0 radical (unpaired) electrons. The molecule has 2 aromatic rings. The molecule has 1 aliphatic heterocycles. The van der Waals surface area contributed by atoms with Crippen LogP contribution in [0.5, 0.6) is 0 Å². The van der Waals surface area contributed by atoms with Crippen LogP contribution in [-0.4, -0.2) is 41.7 Å². The van der Waals surface area contributed by atoms with Gasteiger partial charge >= 0.3 is 0 Å². The summed E-state index contributed by atoms with van der Waals surface area (Å²) in [4.78, 5) is 34.7. The van der Waals surface area contributed by atoms with E-state index in [-0.39, 0.29) is 18.4 Å². The van der Waals surface area contributed by atoms with Crippen LogP contribution >= 0.6 is 0 Å². The van der Waals surface area contributed by atoms with E-state index in [0.717, 1.165) is 36.9 Å². The SMILES string of the molecule is CC1CCC2(CC1)N=C(c1ccccc1)C(=O)N2CC(=O)N(C)c1ccccc1. The first kappa shape index (κ1) is 19.4. The zero-order chi connectivity index (χ0) is 20.4. The van der Waals surface area contributed by atoms with Crippen LogP contribution in [0.25, 0.3) is 0 Å². The minimum atomic E-state index is -0.595. The van der Waals surface area contributed by atoms with E-state index in [0.29, 0.717) is 11.6 Å². The second-order valence-corrected chi connectivity index (χ2v) is 8.17. The first-order chi connectivity index (χ1) is 14.0. The quantitative estimate of drug-likeness (QED) is 0.797. The first-order valence-corrected chi connectivity index (χ1v) is 10.3. The lowest BCUT2D eigenvalue weighted by atomic mass is 9.82. The minimum Gasteiger partial charge on any atom is -0.314 e. The molecule has 4 rings (SSSR count). The number of nitrogens with zero attached hydrogens (tertiary/aromatic N) is 3. The lowest BCUT2D eigenvalue weighted by Crippen LogP contribution is -2.52. The summed E-state index contributed by atoms with van der Waals surface area (Å²) in [5.41, 5.74) is 1.53. The van der Waals surface area contributed by atoms with Gasteiger partial charge in [-0.05, 0) is 43.7 Å². The standard InChI is InChI=1S/C24H27N3O2/c1-18-13-15-24(16-14-18)25-22(19-9-5-3-6-10-19)23(29)27(24)17-21(28)26(2)20-11-7-4-8-12-20/h3-12,18H,13-17H2,1-2H3. The maximum Gasteiger partial charge on any atom is 0.275 e. The third-order valence-corrected chi connectivity index (χ3v) is 6.20. The normalized spacial score (nSPS) is 23.9. The molecule has 2 aliphatic rings. The summed E-state index contributed by atoms with van der Waals surface area (Å²) in [7, 11) is 1.76. The van der Waals surface area contributed by atoms with Crippen molar-refractivity contribution in [3.63, 3.8) is 0 Å². The smallest absolute Gasteiger partial charge is 0.275 e. The van der Waals surface area contributed by atoms with E-state index < -0.39 is 5.66 Å². The van der Waals surface area contributed by atoms with E-state index in [9.17, 15) is 9.59 Å². The fourth-order valence-corrected chi connectivity index (χ4v) is 4.28. The summed E-state index contributed by atoms with van der Waals surface area (Å²) in [6.45, 7) is 2.28. The maximum absolute atomic E-state index is 13.4. The Hall–Kier alpha value is -2.95. The number of carbonyl (C=O) groups excluding carboxylic acids is 2. The zero-order valence-electron chi connectivity index (χ0n) is 17.0. The zero-order valence-corrected chi connectivity index (χ0v) is 17.0. The van der Waals surface area contributed by atoms with E-state index in [4.69, 9.17) is 4.99 Å². The molecule has 0 bridgehead atoms. The number of aliphatic imine (C=N–C) groups is 1. The van der Waals surface area contributed by atoms with Gasteiger partial charge in [0, 0.05) is 18.3 Å². The molecular weight excluding hydrogens is 362 g/mol. The van der Waals surface area contributed by atoms with Crippen molar-refractivity contribution in [2.45, 2.75) is 38.3 Å². The number of benzene rings is 2. The van der Waals surface area contributed by atoms with Gasteiger partial charge < -0.3 is 9.80 Å². The Morgan fingerprint density at radius 3 is 2.28 bits per heavy atom. The number of hydrogen-bond donors (Lipinski definition) is 0. The Balaban J connectivity index is 1.62. The molecule has 0 unspecified atom stereocenters. The fraction of sp³-hybridized carbons (Fsp3) is 0.375. The third kappa shape index (κ3) is 3.69. The summed E-state index contributed by atoms with van der Waals surface area (Å²) >= 11 is 0. The Morgan fingerprint density at radius 2 is 1.66 bits per heavy atom. The van der Waals surface area contributed by atoms with Gasteiger partial charge in [0.2, 0.25) is 5.91 Å². The summed E-state index contributed by atoms with van der Waals surface area (Å²) in [6, 6.07) is 19.1. The van der Waals surface area contributed by atoms with Crippen LogP contribution in [0.15, 0.2) is 65.7 Å². The van der Waals surface area contributed by atoms with Crippen molar-refractivity contribution in [3.05, 3.63) is 66.2 Å². The average Bonchev–Trinajstić information content (AvgIpc) is 3.03. The van der Waals surface area contributed by atoms with Crippen molar-refractivity contribution in [1.82, 2.24) is 4.90 Å². The van der Waals surface area contributed by atoms with Gasteiger partial charge in [0.25, 0.3) is 5.91 Å². The molecule has 2 amide bonds. The highest BCUT2D eigenvalue weighted by Gasteiger charge is 2.49. The van der Waals surface area contributed by atoms with E-state index >= 15 is 0 Å². The molecule has 1 aliphatic carbocycles. The number of likely N-dealkylation sites (N-methyl/N-ethyl adjacent to an activating group) is 1. The van der Waals surface area contributed by atoms with E-state index in [1.54, 1.807) is 16.8 Å². The molecule has 1 spiro atoms. The van der Waals surface area contributed by atoms with Crippen LogP contribution in [0.4, 0.5) is 5.69 Å². The largest absolute Gasteiger partial charge is 0.314 e. The predicted octanol–water partition coefficient (Wildman–Crippen LogP) is 3.89. The van der Waals surface area contributed by atoms with Crippen molar-refractivity contribution in [1.29, 1.82) is 0 Å². The molecule has 0 N–H and O–H groups in total. The Labute approximate surface area is 172 Å². The van der Waals surface area contributed by atoms with Gasteiger partial charge in [-0.1, -0.05) is 55.5 Å². The molecule has 29 heavy (non-hydrogen) atoms. The molecule has 0 saturated heterocycles. The molecule has 1 heterocycles. The lowest BCUT2D eigenvalue weighted by molar-refractivity contribution is -0.135. The van der Waals surface area contributed by atoms with Crippen molar-refractivity contribution < 1.29 is 9.59 Å². The highest BCUT2D eigenvalue weighted by molar-refractivity contribution is 6.47. The van der Waals surface area contributed by atoms with Crippen LogP contribution < -0.4 is 4.90 Å². The second kappa shape index (κ2) is 7.82. The van der Waals surface area contributed by atoms with Gasteiger partial charge in [-0.2, -0.15) is 0 Å². The topological polar surface area (TPSA) is 53.0 Å². The van der Waals surface area contributed by atoms with E-state index in [2.05, 4.69) is 6.92 Å². The lowest BCUT2D eigenvalue weighted by Gasteiger charge is -2.41. The van der Waals surface area contributed by atoms with Gasteiger partial charge in [-0.15, -0.1) is 0 Å². The van der Waals surface area contributed by atoms with Crippen molar-refractivity contribution in [3.8, 4) is 0 Å². The maximum atomic E-state index is 13.4. The number of para-hydroxylation sites is 1. The first-order valence-electron chi connectivity index (χ1n) is 10.3. The predicted molar refractivity (Wildman–Crippen MR) is 115 cm³/mol. The molecule has 2 aromatic carbocycles. The van der Waals surface area contributed by atoms with E-state index in [1.807, 2.05) is 60.7 Å². The van der Waals surface area contributed by atoms with Crippen LogP contribution in [0.1, 0.15) is 38.2 Å². The Bertz CT molecular complexity index is 916. The number of amides is 2. The molecule has 150 valence electrons. The second-order valence-electron chi connectivity index (χ2n) is 8.17. The Kier molecular flexibility index (Phi) is 5.22. The number of carbonyl (C=O) groups is 2. The summed E-state index contributed by atoms with van der Waals surface area (Å²) < 4.78 is 0. The van der Waals surface area contributed by atoms with Gasteiger partial charge in [-0.25, -0.2) is 0 Å². The van der Waals surface area contributed by atoms with Crippen LogP contribution in [0.2, 0.25) is 0 Å². The highest BCUT2D eigenvalue weighted by Crippen LogP contribution is 2.41. The minimum absolute atomic E-state index is 0.0401.